The van der Waals surface area contributed by atoms with Crippen LogP contribution in [-0.2, 0) is 16.6 Å². The van der Waals surface area contributed by atoms with Crippen LogP contribution in [0, 0.1) is 12.8 Å². The summed E-state index contributed by atoms with van der Waals surface area (Å²) in [5, 5.41) is 10.2. The maximum atomic E-state index is 12.3. The molecule has 1 aliphatic rings. The van der Waals surface area contributed by atoms with Gasteiger partial charge in [0.25, 0.3) is 0 Å². The van der Waals surface area contributed by atoms with E-state index in [0.717, 1.165) is 12.8 Å². The van der Waals surface area contributed by atoms with Crippen molar-refractivity contribution in [2.24, 2.45) is 5.92 Å². The Kier molecular flexibility index (Phi) is 4.27. The standard InChI is InChI=1S/C12H22N4O2S/c1-8(2)6-14-19(17,18)12-9(3)15-16-11(12)7-13-10-4-5-10/h8,10,13-14H,4-7H2,1-3H3,(H,15,16). The van der Waals surface area contributed by atoms with E-state index in [2.05, 4.69) is 20.2 Å². The van der Waals surface area contributed by atoms with Gasteiger partial charge in [0.2, 0.25) is 10.0 Å². The molecule has 6 nitrogen and oxygen atoms in total. The molecule has 108 valence electrons. The maximum absolute atomic E-state index is 12.3. The normalized spacial score (nSPS) is 16.2. The number of hydrogen-bond donors (Lipinski definition) is 3. The summed E-state index contributed by atoms with van der Waals surface area (Å²) in [6.07, 6.45) is 2.33. The van der Waals surface area contributed by atoms with Crippen molar-refractivity contribution in [1.29, 1.82) is 0 Å². The van der Waals surface area contributed by atoms with Gasteiger partial charge in [0.1, 0.15) is 4.90 Å². The SMILES string of the molecule is Cc1[nH]nc(CNC2CC2)c1S(=O)(=O)NCC(C)C. The van der Waals surface area contributed by atoms with Crippen LogP contribution < -0.4 is 10.0 Å². The molecule has 1 aromatic heterocycles. The van der Waals surface area contributed by atoms with Crippen molar-refractivity contribution in [2.75, 3.05) is 6.54 Å². The van der Waals surface area contributed by atoms with E-state index in [4.69, 9.17) is 0 Å². The molecule has 19 heavy (non-hydrogen) atoms. The second-order valence-corrected chi connectivity index (χ2v) is 7.23. The van der Waals surface area contributed by atoms with E-state index >= 15 is 0 Å². The number of nitrogens with zero attached hydrogens (tertiary/aromatic N) is 1. The molecule has 0 saturated heterocycles. The molecule has 1 saturated carbocycles. The Bertz CT molecular complexity index is 532. The van der Waals surface area contributed by atoms with Crippen molar-refractivity contribution >= 4 is 10.0 Å². The highest BCUT2D eigenvalue weighted by Crippen LogP contribution is 2.22. The van der Waals surface area contributed by atoms with E-state index in [0.29, 0.717) is 35.4 Å². The number of nitrogens with one attached hydrogen (secondary N) is 3. The van der Waals surface area contributed by atoms with Gasteiger partial charge in [0, 0.05) is 19.1 Å². The van der Waals surface area contributed by atoms with Gasteiger partial charge in [-0.05, 0) is 25.7 Å². The van der Waals surface area contributed by atoms with E-state index in [1.807, 2.05) is 13.8 Å². The van der Waals surface area contributed by atoms with Crippen LogP contribution in [0.3, 0.4) is 0 Å². The summed E-state index contributed by atoms with van der Waals surface area (Å²) in [5.74, 6) is 0.273. The molecule has 1 fully saturated rings. The van der Waals surface area contributed by atoms with Gasteiger partial charge < -0.3 is 5.32 Å². The molecule has 3 N–H and O–H groups in total. The van der Waals surface area contributed by atoms with Crippen LogP contribution in [0.15, 0.2) is 4.90 Å². The quantitative estimate of drug-likeness (QED) is 0.695. The fourth-order valence-corrected chi connectivity index (χ4v) is 3.40. The highest BCUT2D eigenvalue weighted by atomic mass is 32.2. The minimum atomic E-state index is -3.48. The molecule has 2 rings (SSSR count). The van der Waals surface area contributed by atoms with Gasteiger partial charge in [-0.25, -0.2) is 13.1 Å². The van der Waals surface area contributed by atoms with Gasteiger partial charge >= 0.3 is 0 Å². The average molecular weight is 286 g/mol. The topological polar surface area (TPSA) is 86.9 Å². The molecule has 1 aliphatic carbocycles. The summed E-state index contributed by atoms with van der Waals surface area (Å²) < 4.78 is 27.2. The van der Waals surface area contributed by atoms with Gasteiger partial charge in [-0.1, -0.05) is 13.8 Å². The zero-order chi connectivity index (χ0) is 14.0. The minimum absolute atomic E-state index is 0.273. The number of H-pyrrole nitrogens is 1. The molecule has 0 unspecified atom stereocenters. The Morgan fingerprint density at radius 3 is 2.68 bits per heavy atom. The number of rotatable bonds is 7. The van der Waals surface area contributed by atoms with E-state index in [1.165, 1.54) is 0 Å². The molecule has 0 aromatic carbocycles. The molecule has 0 amide bonds. The molecule has 1 aromatic rings. The summed E-state index contributed by atoms with van der Waals surface area (Å²) in [6.45, 7) is 6.60. The lowest BCUT2D eigenvalue weighted by molar-refractivity contribution is 0.557. The van der Waals surface area contributed by atoms with Crippen molar-refractivity contribution < 1.29 is 8.42 Å². The molecular weight excluding hydrogens is 264 g/mol. The third-order valence-electron chi connectivity index (χ3n) is 3.05. The smallest absolute Gasteiger partial charge is 0.244 e. The summed E-state index contributed by atoms with van der Waals surface area (Å²) in [5.41, 5.74) is 1.16. The van der Waals surface area contributed by atoms with Crippen LogP contribution in [-0.4, -0.2) is 31.2 Å². The molecule has 0 radical (unpaired) electrons. The number of aromatic nitrogens is 2. The maximum Gasteiger partial charge on any atom is 0.244 e. The third-order valence-corrected chi connectivity index (χ3v) is 4.67. The lowest BCUT2D eigenvalue weighted by atomic mass is 10.2. The van der Waals surface area contributed by atoms with Crippen molar-refractivity contribution in [1.82, 2.24) is 20.2 Å². The van der Waals surface area contributed by atoms with Crippen LogP contribution in [0.4, 0.5) is 0 Å². The largest absolute Gasteiger partial charge is 0.308 e. The first kappa shape index (κ1) is 14.5. The van der Waals surface area contributed by atoms with Crippen LogP contribution in [0.2, 0.25) is 0 Å². The predicted octanol–water partition coefficient (Wildman–Crippen LogP) is 0.904. The van der Waals surface area contributed by atoms with Gasteiger partial charge in [0.15, 0.2) is 0 Å². The van der Waals surface area contributed by atoms with Gasteiger partial charge in [-0.15, -0.1) is 0 Å². The predicted molar refractivity (Wildman–Crippen MR) is 73.2 cm³/mol. The Labute approximate surface area is 114 Å². The number of hydrogen-bond acceptors (Lipinski definition) is 4. The fourth-order valence-electron chi connectivity index (χ4n) is 1.82. The minimum Gasteiger partial charge on any atom is -0.308 e. The summed E-state index contributed by atoms with van der Waals surface area (Å²) in [7, 11) is -3.48. The number of aryl methyl sites for hydroxylation is 1. The zero-order valence-electron chi connectivity index (χ0n) is 11.7. The van der Waals surface area contributed by atoms with Gasteiger partial charge in [-0.3, -0.25) is 5.10 Å². The lowest BCUT2D eigenvalue weighted by Crippen LogP contribution is -2.29. The molecule has 0 spiro atoms. The number of aromatic amines is 1. The Morgan fingerprint density at radius 1 is 1.42 bits per heavy atom. The van der Waals surface area contributed by atoms with E-state index in [-0.39, 0.29) is 5.92 Å². The third kappa shape index (κ3) is 3.77. The van der Waals surface area contributed by atoms with Crippen LogP contribution in [0.1, 0.15) is 38.1 Å². The highest BCUT2D eigenvalue weighted by Gasteiger charge is 2.26. The molecule has 1 heterocycles. The van der Waals surface area contributed by atoms with Crippen molar-refractivity contribution in [3.05, 3.63) is 11.4 Å². The van der Waals surface area contributed by atoms with Gasteiger partial charge in [0.05, 0.1) is 11.4 Å². The van der Waals surface area contributed by atoms with Crippen molar-refractivity contribution in [3.8, 4) is 0 Å². The average Bonchev–Trinajstić information content (AvgIpc) is 3.07. The molecule has 0 atom stereocenters. The van der Waals surface area contributed by atoms with Crippen LogP contribution in [0.5, 0.6) is 0 Å². The van der Waals surface area contributed by atoms with E-state index in [9.17, 15) is 8.42 Å². The van der Waals surface area contributed by atoms with Crippen LogP contribution in [0.25, 0.3) is 0 Å². The monoisotopic (exact) mass is 286 g/mol. The van der Waals surface area contributed by atoms with Crippen molar-refractivity contribution in [2.45, 2.75) is 51.1 Å². The summed E-state index contributed by atoms with van der Waals surface area (Å²) in [4.78, 5) is 0.293. The molecular formula is C12H22N4O2S. The molecule has 7 heteroatoms. The first-order chi connectivity index (χ1) is 8.90. The first-order valence-corrected chi connectivity index (χ1v) is 8.15. The van der Waals surface area contributed by atoms with Crippen LogP contribution >= 0.6 is 0 Å². The molecule has 0 bridgehead atoms. The Balaban J connectivity index is 2.14. The van der Waals surface area contributed by atoms with Crippen molar-refractivity contribution in [3.63, 3.8) is 0 Å². The lowest BCUT2D eigenvalue weighted by Gasteiger charge is -2.10. The summed E-state index contributed by atoms with van der Waals surface area (Å²) >= 11 is 0. The highest BCUT2D eigenvalue weighted by molar-refractivity contribution is 7.89. The second-order valence-electron chi connectivity index (χ2n) is 5.53. The Morgan fingerprint density at radius 2 is 2.11 bits per heavy atom. The molecule has 0 aliphatic heterocycles. The zero-order valence-corrected chi connectivity index (χ0v) is 12.5. The second kappa shape index (κ2) is 5.60. The van der Waals surface area contributed by atoms with Gasteiger partial charge in [-0.2, -0.15) is 5.10 Å². The summed E-state index contributed by atoms with van der Waals surface area (Å²) in [6, 6.07) is 0.524. The first-order valence-electron chi connectivity index (χ1n) is 6.67. The van der Waals surface area contributed by atoms with E-state index in [1.54, 1.807) is 6.92 Å². The Hall–Kier alpha value is -0.920. The fraction of sp³-hybridized carbons (Fsp3) is 0.750. The van der Waals surface area contributed by atoms with E-state index < -0.39 is 10.0 Å². The number of sulfonamides is 1.